The first-order valence-electron chi connectivity index (χ1n) is 7.80. The van der Waals surface area contributed by atoms with E-state index in [0.29, 0.717) is 6.04 Å². The van der Waals surface area contributed by atoms with Gasteiger partial charge in [0.25, 0.3) is 0 Å². The molecular formula is C19H26NO2+. The van der Waals surface area contributed by atoms with Gasteiger partial charge >= 0.3 is 0 Å². The Labute approximate surface area is 133 Å². The van der Waals surface area contributed by atoms with Crippen LogP contribution in [-0.4, -0.2) is 26.8 Å². The van der Waals surface area contributed by atoms with Crippen molar-refractivity contribution in [3.63, 3.8) is 0 Å². The van der Waals surface area contributed by atoms with Crippen molar-refractivity contribution < 1.29 is 14.8 Å². The second-order valence-corrected chi connectivity index (χ2v) is 5.65. The Morgan fingerprint density at radius 3 is 1.82 bits per heavy atom. The summed E-state index contributed by atoms with van der Waals surface area (Å²) in [6.45, 7) is 3.38. The van der Waals surface area contributed by atoms with Crippen LogP contribution >= 0.6 is 0 Å². The lowest BCUT2D eigenvalue weighted by Gasteiger charge is -2.11. The average molecular weight is 300 g/mol. The molecule has 0 unspecified atom stereocenters. The van der Waals surface area contributed by atoms with Gasteiger partial charge in [0.1, 0.15) is 11.5 Å². The molecule has 0 aliphatic rings. The smallest absolute Gasteiger partial charge is 0.118 e. The average Bonchev–Trinajstić information content (AvgIpc) is 2.56. The maximum atomic E-state index is 5.19. The number of quaternary nitrogens is 1. The van der Waals surface area contributed by atoms with E-state index in [4.69, 9.17) is 9.47 Å². The Hall–Kier alpha value is -2.00. The van der Waals surface area contributed by atoms with Crippen LogP contribution in [0.5, 0.6) is 11.5 Å². The van der Waals surface area contributed by atoms with E-state index in [2.05, 4.69) is 36.5 Å². The van der Waals surface area contributed by atoms with E-state index < -0.39 is 0 Å². The Morgan fingerprint density at radius 2 is 1.32 bits per heavy atom. The lowest BCUT2D eigenvalue weighted by atomic mass is 10.1. The highest BCUT2D eigenvalue weighted by Gasteiger charge is 2.06. The molecule has 118 valence electrons. The summed E-state index contributed by atoms with van der Waals surface area (Å²) in [5.41, 5.74) is 2.71. The van der Waals surface area contributed by atoms with Crippen molar-refractivity contribution in [3.8, 4) is 11.5 Å². The van der Waals surface area contributed by atoms with Crippen molar-refractivity contribution in [2.45, 2.75) is 25.8 Å². The highest BCUT2D eigenvalue weighted by molar-refractivity contribution is 5.28. The molecule has 2 N–H and O–H groups in total. The maximum Gasteiger partial charge on any atom is 0.118 e. The quantitative estimate of drug-likeness (QED) is 0.812. The van der Waals surface area contributed by atoms with Gasteiger partial charge in [-0.15, -0.1) is 0 Å². The van der Waals surface area contributed by atoms with Crippen LogP contribution in [0.25, 0.3) is 0 Å². The standard InChI is InChI=1S/C19H25NO2/c1-15(14-17-6-10-19(22-3)11-7-17)20-13-12-16-4-8-18(21-2)9-5-16/h4-11,15,20H,12-14H2,1-3H3/p+1/t15-/m1/s1. The number of ether oxygens (including phenoxy) is 2. The minimum Gasteiger partial charge on any atom is -0.497 e. The van der Waals surface area contributed by atoms with Gasteiger partial charge in [-0.05, 0) is 42.3 Å². The maximum absolute atomic E-state index is 5.19. The summed E-state index contributed by atoms with van der Waals surface area (Å²) < 4.78 is 10.4. The van der Waals surface area contributed by atoms with Crippen molar-refractivity contribution in [3.05, 3.63) is 59.7 Å². The normalized spacial score (nSPS) is 12.0. The molecule has 0 fully saturated rings. The van der Waals surface area contributed by atoms with Crippen LogP contribution in [-0.2, 0) is 12.8 Å². The first kappa shape index (κ1) is 16.4. The SMILES string of the molecule is COc1ccc(CC[NH2+][C@H](C)Cc2ccc(OC)cc2)cc1. The summed E-state index contributed by atoms with van der Waals surface area (Å²) in [6.07, 6.45) is 2.16. The van der Waals surface area contributed by atoms with Gasteiger partial charge in [0.05, 0.1) is 26.8 Å². The van der Waals surface area contributed by atoms with Gasteiger partial charge in [0, 0.05) is 12.8 Å². The first-order valence-corrected chi connectivity index (χ1v) is 7.80. The second kappa shape index (κ2) is 8.44. The molecule has 0 bridgehead atoms. The molecule has 3 heteroatoms. The van der Waals surface area contributed by atoms with E-state index in [1.54, 1.807) is 14.2 Å². The van der Waals surface area contributed by atoms with Crippen LogP contribution < -0.4 is 14.8 Å². The molecule has 2 rings (SSSR count). The third kappa shape index (κ3) is 5.08. The second-order valence-electron chi connectivity index (χ2n) is 5.65. The van der Waals surface area contributed by atoms with Crippen molar-refractivity contribution >= 4 is 0 Å². The number of hydrogen-bond acceptors (Lipinski definition) is 2. The van der Waals surface area contributed by atoms with Crippen LogP contribution in [0, 0.1) is 0 Å². The number of rotatable bonds is 8. The number of benzene rings is 2. The molecular weight excluding hydrogens is 274 g/mol. The lowest BCUT2D eigenvalue weighted by Crippen LogP contribution is -2.90. The Kier molecular flexibility index (Phi) is 6.28. The Bertz CT molecular complexity index is 549. The zero-order valence-corrected chi connectivity index (χ0v) is 13.7. The minimum absolute atomic E-state index is 0.576. The molecule has 22 heavy (non-hydrogen) atoms. The Morgan fingerprint density at radius 1 is 0.818 bits per heavy atom. The number of hydrogen-bond donors (Lipinski definition) is 1. The number of methoxy groups -OCH3 is 2. The third-order valence-corrected chi connectivity index (χ3v) is 3.88. The molecule has 0 saturated heterocycles. The largest absolute Gasteiger partial charge is 0.497 e. The van der Waals surface area contributed by atoms with Crippen LogP contribution in [0.4, 0.5) is 0 Å². The van der Waals surface area contributed by atoms with Gasteiger partial charge in [0.15, 0.2) is 0 Å². The molecule has 0 aliphatic carbocycles. The van der Waals surface area contributed by atoms with Gasteiger partial charge in [-0.25, -0.2) is 0 Å². The van der Waals surface area contributed by atoms with Crippen molar-refractivity contribution in [2.75, 3.05) is 20.8 Å². The van der Waals surface area contributed by atoms with Crippen molar-refractivity contribution in [1.29, 1.82) is 0 Å². The van der Waals surface area contributed by atoms with E-state index in [-0.39, 0.29) is 0 Å². The summed E-state index contributed by atoms with van der Waals surface area (Å²) in [6, 6.07) is 17.2. The van der Waals surface area contributed by atoms with Gasteiger partial charge in [-0.2, -0.15) is 0 Å². The molecule has 0 aromatic heterocycles. The topological polar surface area (TPSA) is 35.1 Å². The van der Waals surface area contributed by atoms with Crippen LogP contribution in [0.1, 0.15) is 18.1 Å². The zero-order chi connectivity index (χ0) is 15.8. The Balaban J connectivity index is 1.73. The molecule has 0 saturated carbocycles. The number of nitrogens with two attached hydrogens (primary N) is 1. The van der Waals surface area contributed by atoms with Gasteiger partial charge in [-0.3, -0.25) is 0 Å². The van der Waals surface area contributed by atoms with E-state index in [9.17, 15) is 0 Å². The molecule has 0 radical (unpaired) electrons. The summed E-state index contributed by atoms with van der Waals surface area (Å²) in [5.74, 6) is 1.83. The van der Waals surface area contributed by atoms with E-state index >= 15 is 0 Å². The van der Waals surface area contributed by atoms with E-state index in [1.165, 1.54) is 11.1 Å². The summed E-state index contributed by atoms with van der Waals surface area (Å²) >= 11 is 0. The first-order chi connectivity index (χ1) is 10.7. The van der Waals surface area contributed by atoms with Crippen LogP contribution in [0.3, 0.4) is 0 Å². The molecule has 2 aromatic rings. The summed E-state index contributed by atoms with van der Waals surface area (Å²) in [7, 11) is 3.40. The summed E-state index contributed by atoms with van der Waals surface area (Å²) in [5, 5.41) is 2.41. The highest BCUT2D eigenvalue weighted by atomic mass is 16.5. The molecule has 0 heterocycles. The summed E-state index contributed by atoms with van der Waals surface area (Å²) in [4.78, 5) is 0. The monoisotopic (exact) mass is 300 g/mol. The van der Waals surface area contributed by atoms with E-state index in [1.807, 2.05) is 24.3 Å². The van der Waals surface area contributed by atoms with Gasteiger partial charge in [0.2, 0.25) is 0 Å². The van der Waals surface area contributed by atoms with E-state index in [0.717, 1.165) is 30.9 Å². The van der Waals surface area contributed by atoms with Crippen LogP contribution in [0.15, 0.2) is 48.5 Å². The fourth-order valence-corrected chi connectivity index (χ4v) is 2.54. The molecule has 3 nitrogen and oxygen atoms in total. The fraction of sp³-hybridized carbons (Fsp3) is 0.368. The molecule has 0 amide bonds. The van der Waals surface area contributed by atoms with Crippen molar-refractivity contribution in [2.24, 2.45) is 0 Å². The minimum atomic E-state index is 0.576. The van der Waals surface area contributed by atoms with Crippen molar-refractivity contribution in [1.82, 2.24) is 0 Å². The molecule has 2 aromatic carbocycles. The molecule has 1 atom stereocenters. The molecule has 0 aliphatic heterocycles. The predicted octanol–water partition coefficient (Wildman–Crippen LogP) is 2.44. The lowest BCUT2D eigenvalue weighted by molar-refractivity contribution is -0.685. The third-order valence-electron chi connectivity index (χ3n) is 3.88. The fourth-order valence-electron chi connectivity index (χ4n) is 2.54. The highest BCUT2D eigenvalue weighted by Crippen LogP contribution is 2.12. The van der Waals surface area contributed by atoms with Gasteiger partial charge in [-0.1, -0.05) is 24.3 Å². The molecule has 0 spiro atoms. The zero-order valence-electron chi connectivity index (χ0n) is 13.7. The van der Waals surface area contributed by atoms with Crippen LogP contribution in [0.2, 0.25) is 0 Å². The van der Waals surface area contributed by atoms with Gasteiger partial charge < -0.3 is 14.8 Å². The predicted molar refractivity (Wildman–Crippen MR) is 89.7 cm³/mol.